The molecule has 1 amide bonds. The largest absolute Gasteiger partial charge is 0.507 e. The highest BCUT2D eigenvalue weighted by molar-refractivity contribution is 7.17. The van der Waals surface area contributed by atoms with Gasteiger partial charge in [-0.05, 0) is 55.3 Å². The molecule has 1 N–H and O–H groups in total. The summed E-state index contributed by atoms with van der Waals surface area (Å²) < 4.78 is 27.0. The molecule has 4 rings (SSSR count). The number of amides is 1. The van der Waals surface area contributed by atoms with E-state index in [0.29, 0.717) is 33.9 Å². The lowest BCUT2D eigenvalue weighted by Gasteiger charge is -2.24. The van der Waals surface area contributed by atoms with Gasteiger partial charge in [-0.3, -0.25) is 14.5 Å². The van der Waals surface area contributed by atoms with Gasteiger partial charge in [0.25, 0.3) is 5.78 Å². The van der Waals surface area contributed by atoms with Crippen LogP contribution in [0.1, 0.15) is 38.1 Å². The van der Waals surface area contributed by atoms with E-state index in [0.717, 1.165) is 16.2 Å². The van der Waals surface area contributed by atoms with Crippen molar-refractivity contribution in [1.82, 2.24) is 4.98 Å². The first kappa shape index (κ1) is 30.1. The number of nitrogens with zero attached hydrogens (tertiary/aromatic N) is 2. The van der Waals surface area contributed by atoms with Crippen molar-refractivity contribution in [2.75, 3.05) is 39.9 Å². The lowest BCUT2D eigenvalue weighted by Crippen LogP contribution is -2.29. The maximum absolute atomic E-state index is 13.7. The van der Waals surface area contributed by atoms with Crippen molar-refractivity contribution in [2.24, 2.45) is 0 Å². The molecule has 42 heavy (non-hydrogen) atoms. The molecule has 1 fully saturated rings. The van der Waals surface area contributed by atoms with Crippen molar-refractivity contribution < 1.29 is 43.2 Å². The van der Waals surface area contributed by atoms with Crippen LogP contribution in [0.25, 0.3) is 5.76 Å². The van der Waals surface area contributed by atoms with Crippen LogP contribution in [-0.2, 0) is 14.3 Å². The van der Waals surface area contributed by atoms with Crippen LogP contribution in [0.3, 0.4) is 0 Å². The highest BCUT2D eigenvalue weighted by Crippen LogP contribution is 2.48. The summed E-state index contributed by atoms with van der Waals surface area (Å²) in [6.07, 6.45) is 1.43. The van der Waals surface area contributed by atoms with Gasteiger partial charge in [-0.25, -0.2) is 9.78 Å². The van der Waals surface area contributed by atoms with Crippen LogP contribution in [0, 0.1) is 13.8 Å². The minimum Gasteiger partial charge on any atom is -0.507 e. The van der Waals surface area contributed by atoms with Gasteiger partial charge >= 0.3 is 11.9 Å². The molecular weight excluding hydrogens is 564 g/mol. The Balaban J connectivity index is 1.99. The number of aliphatic hydroxyl groups is 1. The fraction of sp³-hybridized carbons (Fsp3) is 0.267. The van der Waals surface area contributed by atoms with Crippen LogP contribution in [0.15, 0.2) is 48.6 Å². The number of benzene rings is 2. The summed E-state index contributed by atoms with van der Waals surface area (Å²) in [6, 6.07) is 6.87. The van der Waals surface area contributed by atoms with E-state index in [2.05, 4.69) is 11.6 Å². The molecule has 12 heteroatoms. The Morgan fingerprint density at radius 2 is 1.67 bits per heavy atom. The lowest BCUT2D eigenvalue weighted by atomic mass is 9.94. The summed E-state index contributed by atoms with van der Waals surface area (Å²) in [7, 11) is 5.84. The number of Topliss-reactive ketones (excluding diaryl/α,β-unsaturated/α-hetero) is 1. The fourth-order valence-corrected chi connectivity index (χ4v) is 5.65. The summed E-state index contributed by atoms with van der Waals surface area (Å²) in [5.41, 5.74) is 1.48. The van der Waals surface area contributed by atoms with Crippen molar-refractivity contribution in [2.45, 2.75) is 19.9 Å². The third-order valence-electron chi connectivity index (χ3n) is 6.62. The van der Waals surface area contributed by atoms with E-state index >= 15 is 0 Å². The number of hydrogen-bond donors (Lipinski definition) is 1. The quantitative estimate of drug-likeness (QED) is 0.115. The van der Waals surface area contributed by atoms with E-state index < -0.39 is 29.5 Å². The van der Waals surface area contributed by atoms with E-state index in [1.807, 2.05) is 0 Å². The standard InChI is InChI=1S/C30H30N2O9S/c1-8-11-41-29(36)27-16(3)31-30(42-27)32-23(18-13-20(38-5)26(40-7)21(14-18)39-6)22(25(34)28(32)35)24(33)17-9-10-19(37-4)15(2)12-17/h8-10,12-14,23,33H,1,11H2,2-7H3/b24-22+. The number of methoxy groups -OCH3 is 4. The second-order valence-electron chi connectivity index (χ2n) is 9.11. The molecule has 1 aliphatic heterocycles. The van der Waals surface area contributed by atoms with Gasteiger partial charge in [0.1, 0.15) is 23.0 Å². The maximum atomic E-state index is 13.7. The van der Waals surface area contributed by atoms with Crippen molar-refractivity contribution in [3.05, 3.63) is 75.8 Å². The summed E-state index contributed by atoms with van der Waals surface area (Å²) in [5.74, 6) is -1.52. The highest BCUT2D eigenvalue weighted by atomic mass is 32.1. The third kappa shape index (κ3) is 5.28. The van der Waals surface area contributed by atoms with Crippen LogP contribution >= 0.6 is 11.3 Å². The lowest BCUT2D eigenvalue weighted by molar-refractivity contribution is -0.132. The normalized spacial score (nSPS) is 15.9. The molecule has 3 aromatic rings. The second kappa shape index (κ2) is 12.4. The van der Waals surface area contributed by atoms with Crippen molar-refractivity contribution in [3.8, 4) is 23.0 Å². The summed E-state index contributed by atoms with van der Waals surface area (Å²) in [5, 5.41) is 11.6. The highest BCUT2D eigenvalue weighted by Gasteiger charge is 2.49. The number of ketones is 1. The first-order valence-corrected chi connectivity index (χ1v) is 13.4. The molecule has 0 radical (unpaired) electrons. The van der Waals surface area contributed by atoms with E-state index in [1.165, 1.54) is 34.5 Å². The first-order valence-electron chi connectivity index (χ1n) is 12.6. The molecule has 1 aromatic heterocycles. The Labute approximate surface area is 246 Å². The van der Waals surface area contributed by atoms with Gasteiger partial charge < -0.3 is 28.8 Å². The van der Waals surface area contributed by atoms with E-state index in [-0.39, 0.29) is 33.7 Å². The minimum atomic E-state index is -1.18. The zero-order valence-corrected chi connectivity index (χ0v) is 24.8. The number of thiazole rings is 1. The Morgan fingerprint density at radius 3 is 2.21 bits per heavy atom. The number of hydrogen-bond acceptors (Lipinski definition) is 11. The monoisotopic (exact) mass is 594 g/mol. The second-order valence-corrected chi connectivity index (χ2v) is 10.1. The van der Waals surface area contributed by atoms with E-state index in [4.69, 9.17) is 23.7 Å². The smallest absolute Gasteiger partial charge is 0.350 e. The number of carbonyl (C=O) groups is 3. The minimum absolute atomic E-state index is 0.0112. The first-order chi connectivity index (χ1) is 20.1. The fourth-order valence-electron chi connectivity index (χ4n) is 4.66. The van der Waals surface area contributed by atoms with Gasteiger partial charge in [0.2, 0.25) is 5.75 Å². The Kier molecular flexibility index (Phi) is 8.86. The molecule has 1 saturated heterocycles. The maximum Gasteiger partial charge on any atom is 0.350 e. The van der Waals surface area contributed by atoms with Gasteiger partial charge in [0, 0.05) is 5.56 Å². The van der Waals surface area contributed by atoms with E-state index in [9.17, 15) is 19.5 Å². The summed E-state index contributed by atoms with van der Waals surface area (Å²) in [4.78, 5) is 45.7. The number of rotatable bonds is 10. The SMILES string of the molecule is C=CCOC(=O)c1sc(N2C(=O)C(=O)/C(=C(/O)c3ccc(OC)c(C)c3)C2c2cc(OC)c(OC)c(OC)c2)nc1C. The molecule has 1 atom stereocenters. The Bertz CT molecular complexity index is 1580. The zero-order chi connectivity index (χ0) is 30.7. The Hall–Kier alpha value is -4.84. The van der Waals surface area contributed by atoms with E-state index in [1.54, 1.807) is 44.2 Å². The van der Waals surface area contributed by atoms with Gasteiger partial charge in [-0.2, -0.15) is 0 Å². The number of anilines is 1. The molecule has 2 heterocycles. The molecule has 1 aliphatic rings. The molecule has 220 valence electrons. The molecule has 11 nitrogen and oxygen atoms in total. The molecule has 0 aliphatic carbocycles. The van der Waals surface area contributed by atoms with Gasteiger partial charge in [0.15, 0.2) is 16.6 Å². The average molecular weight is 595 g/mol. The number of aromatic nitrogens is 1. The summed E-state index contributed by atoms with van der Waals surface area (Å²) in [6.45, 7) is 6.91. The summed E-state index contributed by atoms with van der Waals surface area (Å²) >= 11 is 0.889. The number of aliphatic hydroxyl groups excluding tert-OH is 1. The van der Waals surface area contributed by atoms with Gasteiger partial charge in [-0.1, -0.05) is 24.0 Å². The van der Waals surface area contributed by atoms with Crippen LogP contribution in [0.2, 0.25) is 0 Å². The molecule has 2 aromatic carbocycles. The number of ether oxygens (including phenoxy) is 5. The van der Waals surface area contributed by atoms with Gasteiger partial charge in [-0.15, -0.1) is 0 Å². The zero-order valence-electron chi connectivity index (χ0n) is 24.0. The number of esters is 1. The van der Waals surface area contributed by atoms with Crippen molar-refractivity contribution >= 4 is 39.9 Å². The van der Waals surface area contributed by atoms with Gasteiger partial charge in [0.05, 0.1) is 45.7 Å². The third-order valence-corrected chi connectivity index (χ3v) is 7.76. The topological polar surface area (TPSA) is 134 Å². The van der Waals surface area contributed by atoms with Crippen LogP contribution < -0.4 is 23.8 Å². The predicted octanol–water partition coefficient (Wildman–Crippen LogP) is 4.76. The molecule has 1 unspecified atom stereocenters. The van der Waals surface area contributed by atoms with Crippen LogP contribution in [0.5, 0.6) is 23.0 Å². The van der Waals surface area contributed by atoms with Crippen LogP contribution in [0.4, 0.5) is 5.13 Å². The molecule has 0 bridgehead atoms. The number of carbonyl (C=O) groups excluding carboxylic acids is 3. The van der Waals surface area contributed by atoms with Crippen LogP contribution in [-0.4, -0.2) is 62.8 Å². The molecular formula is C30H30N2O9S. The molecule has 0 saturated carbocycles. The Morgan fingerprint density at radius 1 is 1.02 bits per heavy atom. The molecule has 0 spiro atoms. The number of aryl methyl sites for hydroxylation is 2. The van der Waals surface area contributed by atoms with Crippen molar-refractivity contribution in [3.63, 3.8) is 0 Å². The average Bonchev–Trinajstić information content (AvgIpc) is 3.50. The van der Waals surface area contributed by atoms with Crippen molar-refractivity contribution in [1.29, 1.82) is 0 Å². The predicted molar refractivity (Wildman–Crippen MR) is 156 cm³/mol.